The first kappa shape index (κ1) is 21.5. The highest BCUT2D eigenvalue weighted by atomic mass is 16.6. The van der Waals surface area contributed by atoms with Crippen LogP contribution in [0.5, 0.6) is 17.2 Å². The van der Waals surface area contributed by atoms with E-state index >= 15 is 0 Å². The number of hydrogen-bond donors (Lipinski definition) is 1. The molecule has 172 valence electrons. The molecule has 2 aromatic carbocycles. The predicted molar refractivity (Wildman–Crippen MR) is 126 cm³/mol. The fourth-order valence-electron chi connectivity index (χ4n) is 4.55. The third-order valence-electron chi connectivity index (χ3n) is 6.45. The average molecular weight is 448 g/mol. The number of carbonyl (C=O) groups is 1. The molecule has 33 heavy (non-hydrogen) atoms. The first-order valence-corrected chi connectivity index (χ1v) is 11.5. The van der Waals surface area contributed by atoms with Crippen molar-refractivity contribution in [2.75, 3.05) is 40.0 Å². The molecule has 1 aromatic heterocycles. The molecule has 0 spiro atoms. The summed E-state index contributed by atoms with van der Waals surface area (Å²) in [6.07, 6.45) is 4.61. The molecule has 1 amide bonds. The van der Waals surface area contributed by atoms with Crippen LogP contribution in [0.25, 0.3) is 10.9 Å². The molecule has 3 heterocycles. The van der Waals surface area contributed by atoms with E-state index in [2.05, 4.69) is 33.4 Å². The van der Waals surface area contributed by atoms with Gasteiger partial charge in [-0.2, -0.15) is 0 Å². The van der Waals surface area contributed by atoms with E-state index in [1.807, 2.05) is 12.1 Å². The topological polar surface area (TPSA) is 72.9 Å². The number of ether oxygens (including phenoxy) is 3. The van der Waals surface area contributed by atoms with E-state index in [-0.39, 0.29) is 11.9 Å². The van der Waals surface area contributed by atoms with Crippen LogP contribution in [-0.4, -0.2) is 61.8 Å². The minimum Gasteiger partial charge on any atom is -0.495 e. The van der Waals surface area contributed by atoms with Crippen LogP contribution in [0.3, 0.4) is 0 Å². The van der Waals surface area contributed by atoms with Gasteiger partial charge in [0.2, 0.25) is 0 Å². The fourth-order valence-corrected chi connectivity index (χ4v) is 4.55. The second-order valence-electron chi connectivity index (χ2n) is 8.56. The quantitative estimate of drug-likeness (QED) is 0.624. The smallest absolute Gasteiger partial charge is 0.251 e. The Morgan fingerprint density at radius 1 is 1.12 bits per heavy atom. The highest BCUT2D eigenvalue weighted by Crippen LogP contribution is 2.31. The molecule has 0 radical (unpaired) electrons. The molecule has 1 fully saturated rings. The van der Waals surface area contributed by atoms with E-state index in [0.717, 1.165) is 55.5 Å². The summed E-state index contributed by atoms with van der Waals surface area (Å²) < 4.78 is 16.5. The minimum atomic E-state index is -0.0531. The normalized spacial score (nSPS) is 16.5. The standard InChI is InChI=1S/C26H29N3O4/c1-31-21-16-22-18(3-2-4-23(22)27-17-21)7-10-29-11-8-20(9-12-29)28-26(30)19-5-6-24-25(15-19)33-14-13-32-24/h2-6,15-17,20H,7-14H2,1H3,(H,28,30). The van der Waals surface area contributed by atoms with E-state index in [9.17, 15) is 4.79 Å². The van der Waals surface area contributed by atoms with Gasteiger partial charge in [-0.15, -0.1) is 0 Å². The van der Waals surface area contributed by atoms with Gasteiger partial charge in [0.05, 0.1) is 18.8 Å². The SMILES string of the molecule is COc1cnc2cccc(CCN3CCC(NC(=O)c4ccc5c(c4)OCCO5)CC3)c2c1. The van der Waals surface area contributed by atoms with E-state index < -0.39 is 0 Å². The van der Waals surface area contributed by atoms with Gasteiger partial charge in [-0.1, -0.05) is 12.1 Å². The third kappa shape index (κ3) is 4.88. The number of likely N-dealkylation sites (tertiary alicyclic amines) is 1. The lowest BCUT2D eigenvalue weighted by molar-refractivity contribution is 0.0910. The number of nitrogens with one attached hydrogen (secondary N) is 1. The van der Waals surface area contributed by atoms with Gasteiger partial charge in [0.15, 0.2) is 11.5 Å². The Morgan fingerprint density at radius 3 is 2.76 bits per heavy atom. The van der Waals surface area contributed by atoms with Gasteiger partial charge in [0, 0.05) is 36.6 Å². The highest BCUT2D eigenvalue weighted by molar-refractivity contribution is 5.95. The zero-order chi connectivity index (χ0) is 22.6. The maximum Gasteiger partial charge on any atom is 0.251 e. The van der Waals surface area contributed by atoms with Crippen molar-refractivity contribution in [1.82, 2.24) is 15.2 Å². The van der Waals surface area contributed by atoms with Crippen molar-refractivity contribution in [2.24, 2.45) is 0 Å². The number of carbonyl (C=O) groups excluding carboxylic acids is 1. The molecule has 0 bridgehead atoms. The molecule has 7 nitrogen and oxygen atoms in total. The van der Waals surface area contributed by atoms with Gasteiger partial charge in [-0.3, -0.25) is 9.78 Å². The Bertz CT molecular complexity index is 1140. The van der Waals surface area contributed by atoms with Gasteiger partial charge < -0.3 is 24.4 Å². The summed E-state index contributed by atoms with van der Waals surface area (Å²) in [6.45, 7) is 3.98. The molecule has 0 atom stereocenters. The summed E-state index contributed by atoms with van der Waals surface area (Å²) in [4.78, 5) is 19.7. The summed E-state index contributed by atoms with van der Waals surface area (Å²) in [5.41, 5.74) is 2.89. The van der Waals surface area contributed by atoms with Crippen molar-refractivity contribution in [3.8, 4) is 17.2 Å². The molecule has 2 aliphatic rings. The van der Waals surface area contributed by atoms with Crippen LogP contribution in [0.2, 0.25) is 0 Å². The number of methoxy groups -OCH3 is 1. The summed E-state index contributed by atoms with van der Waals surface area (Å²) in [7, 11) is 1.67. The maximum atomic E-state index is 12.7. The van der Waals surface area contributed by atoms with Gasteiger partial charge >= 0.3 is 0 Å². The summed E-state index contributed by atoms with van der Waals surface area (Å²) in [6, 6.07) is 13.9. The number of benzene rings is 2. The molecule has 5 rings (SSSR count). The van der Waals surface area contributed by atoms with Crippen LogP contribution >= 0.6 is 0 Å². The second kappa shape index (κ2) is 9.67. The Morgan fingerprint density at radius 2 is 1.94 bits per heavy atom. The lowest BCUT2D eigenvalue weighted by Gasteiger charge is -2.32. The monoisotopic (exact) mass is 447 g/mol. The first-order chi connectivity index (χ1) is 16.2. The van der Waals surface area contributed by atoms with Crippen molar-refractivity contribution in [3.05, 3.63) is 59.8 Å². The second-order valence-corrected chi connectivity index (χ2v) is 8.56. The zero-order valence-corrected chi connectivity index (χ0v) is 18.9. The zero-order valence-electron chi connectivity index (χ0n) is 18.9. The van der Waals surface area contributed by atoms with E-state index in [0.29, 0.717) is 30.3 Å². The Hall–Kier alpha value is -3.32. The molecule has 3 aromatic rings. The van der Waals surface area contributed by atoms with Crippen molar-refractivity contribution in [3.63, 3.8) is 0 Å². The lowest BCUT2D eigenvalue weighted by atomic mass is 10.0. The van der Waals surface area contributed by atoms with E-state index in [1.54, 1.807) is 25.4 Å². The van der Waals surface area contributed by atoms with Gasteiger partial charge in [-0.25, -0.2) is 0 Å². The molecule has 1 saturated heterocycles. The number of fused-ring (bicyclic) bond motifs is 2. The Kier molecular flexibility index (Phi) is 6.30. The number of amides is 1. The van der Waals surface area contributed by atoms with Crippen molar-refractivity contribution in [1.29, 1.82) is 0 Å². The number of piperidine rings is 1. The van der Waals surface area contributed by atoms with Crippen molar-refractivity contribution in [2.45, 2.75) is 25.3 Å². The fraction of sp³-hybridized carbons (Fsp3) is 0.385. The van der Waals surface area contributed by atoms with Crippen LogP contribution in [0, 0.1) is 0 Å². The van der Waals surface area contributed by atoms with Crippen LogP contribution < -0.4 is 19.5 Å². The average Bonchev–Trinajstić information content (AvgIpc) is 2.87. The van der Waals surface area contributed by atoms with Gasteiger partial charge in [0.25, 0.3) is 5.91 Å². The van der Waals surface area contributed by atoms with Gasteiger partial charge in [0.1, 0.15) is 19.0 Å². The molecule has 7 heteroatoms. The Labute approximate surface area is 193 Å². The summed E-state index contributed by atoms with van der Waals surface area (Å²) >= 11 is 0. The van der Waals surface area contributed by atoms with E-state index in [4.69, 9.17) is 14.2 Å². The minimum absolute atomic E-state index is 0.0531. The predicted octanol–water partition coefficient (Wildman–Crippen LogP) is 3.45. The first-order valence-electron chi connectivity index (χ1n) is 11.5. The molecular weight excluding hydrogens is 418 g/mol. The number of aromatic nitrogens is 1. The molecule has 0 unspecified atom stereocenters. The Balaban J connectivity index is 1.14. The van der Waals surface area contributed by atoms with Crippen LogP contribution in [-0.2, 0) is 6.42 Å². The summed E-state index contributed by atoms with van der Waals surface area (Å²) in [5, 5.41) is 4.34. The number of hydrogen-bond acceptors (Lipinski definition) is 6. The number of rotatable bonds is 6. The molecule has 1 N–H and O–H groups in total. The van der Waals surface area contributed by atoms with Crippen LogP contribution in [0.15, 0.2) is 48.7 Å². The number of pyridine rings is 1. The largest absolute Gasteiger partial charge is 0.495 e. The molecule has 0 saturated carbocycles. The van der Waals surface area contributed by atoms with Crippen LogP contribution in [0.1, 0.15) is 28.8 Å². The number of nitrogens with zero attached hydrogens (tertiary/aromatic N) is 2. The lowest BCUT2D eigenvalue weighted by Crippen LogP contribution is -2.45. The summed E-state index contributed by atoms with van der Waals surface area (Å²) in [5.74, 6) is 2.07. The third-order valence-corrected chi connectivity index (χ3v) is 6.45. The maximum absolute atomic E-state index is 12.7. The van der Waals surface area contributed by atoms with Crippen molar-refractivity contribution < 1.29 is 19.0 Å². The molecule has 0 aliphatic carbocycles. The molecule has 2 aliphatic heterocycles. The highest BCUT2D eigenvalue weighted by Gasteiger charge is 2.22. The van der Waals surface area contributed by atoms with E-state index in [1.165, 1.54) is 5.56 Å². The molecular formula is C26H29N3O4. The van der Waals surface area contributed by atoms with Crippen molar-refractivity contribution >= 4 is 16.8 Å². The van der Waals surface area contributed by atoms with Gasteiger partial charge in [-0.05, 0) is 55.2 Å². The van der Waals surface area contributed by atoms with Crippen LogP contribution in [0.4, 0.5) is 0 Å².